The van der Waals surface area contributed by atoms with Gasteiger partial charge in [0.25, 0.3) is 10.0 Å². The molecule has 1 aromatic rings. The molecular formula is C19H27NO6S2. The Balaban J connectivity index is 2.18. The lowest BCUT2D eigenvalue weighted by atomic mass is 9.96. The van der Waals surface area contributed by atoms with Crippen LogP contribution >= 0.6 is 0 Å². The molecule has 0 bridgehead atoms. The number of hydrogen-bond donors (Lipinski definition) is 0. The Kier molecular flexibility index (Phi) is 8.21. The van der Waals surface area contributed by atoms with Crippen molar-refractivity contribution >= 4 is 26.0 Å². The van der Waals surface area contributed by atoms with Gasteiger partial charge in [-0.3, -0.25) is 0 Å². The van der Waals surface area contributed by atoms with E-state index in [9.17, 15) is 21.6 Å². The van der Waals surface area contributed by atoms with Crippen molar-refractivity contribution in [2.24, 2.45) is 0 Å². The van der Waals surface area contributed by atoms with E-state index in [1.54, 1.807) is 18.2 Å². The Labute approximate surface area is 167 Å². The first-order valence-electron chi connectivity index (χ1n) is 9.40. The molecule has 7 nitrogen and oxygen atoms in total. The van der Waals surface area contributed by atoms with E-state index in [1.807, 2.05) is 0 Å². The van der Waals surface area contributed by atoms with Crippen LogP contribution in [0.1, 0.15) is 44.9 Å². The molecule has 0 unspecified atom stereocenters. The number of ether oxygens (including phenoxy) is 1. The van der Waals surface area contributed by atoms with Crippen LogP contribution in [0.25, 0.3) is 0 Å². The minimum atomic E-state index is -4.17. The SMILES string of the molecule is C=CC(=O)OCCCCS(=O)(=O)N(C1CCCCC1)S(=O)(=O)c1ccccc1. The largest absolute Gasteiger partial charge is 0.463 e. The van der Waals surface area contributed by atoms with Crippen LogP contribution in [0.15, 0.2) is 47.9 Å². The van der Waals surface area contributed by atoms with Gasteiger partial charge >= 0.3 is 5.97 Å². The number of unbranched alkanes of at least 4 members (excludes halogenated alkanes) is 1. The van der Waals surface area contributed by atoms with Gasteiger partial charge in [0.2, 0.25) is 10.0 Å². The van der Waals surface area contributed by atoms with Crippen molar-refractivity contribution in [2.75, 3.05) is 12.4 Å². The first kappa shape index (κ1) is 22.6. The third kappa shape index (κ3) is 5.89. The van der Waals surface area contributed by atoms with Gasteiger partial charge < -0.3 is 4.74 Å². The molecule has 28 heavy (non-hydrogen) atoms. The van der Waals surface area contributed by atoms with Gasteiger partial charge in [0.1, 0.15) is 0 Å². The highest BCUT2D eigenvalue weighted by molar-refractivity contribution is 8.04. The number of carbonyl (C=O) groups excluding carboxylic acids is 1. The lowest BCUT2D eigenvalue weighted by Gasteiger charge is -2.32. The summed E-state index contributed by atoms with van der Waals surface area (Å²) in [6, 6.07) is 7.11. The molecule has 0 saturated heterocycles. The normalized spacial score (nSPS) is 16.0. The fraction of sp³-hybridized carbons (Fsp3) is 0.526. The molecule has 0 atom stereocenters. The molecule has 0 heterocycles. The maximum Gasteiger partial charge on any atom is 0.330 e. The fourth-order valence-corrected chi connectivity index (χ4v) is 7.67. The second-order valence-electron chi connectivity index (χ2n) is 6.73. The predicted molar refractivity (Wildman–Crippen MR) is 107 cm³/mol. The predicted octanol–water partition coefficient (Wildman–Crippen LogP) is 2.85. The van der Waals surface area contributed by atoms with Crippen molar-refractivity contribution in [2.45, 2.75) is 55.9 Å². The van der Waals surface area contributed by atoms with Crippen LogP contribution in [0.2, 0.25) is 0 Å². The zero-order valence-corrected chi connectivity index (χ0v) is 17.5. The third-order valence-electron chi connectivity index (χ3n) is 4.63. The molecule has 1 aromatic carbocycles. The van der Waals surface area contributed by atoms with Crippen molar-refractivity contribution in [1.29, 1.82) is 0 Å². The fourth-order valence-electron chi connectivity index (χ4n) is 3.27. The second-order valence-corrected chi connectivity index (χ2v) is 10.7. The molecule has 0 N–H and O–H groups in total. The zero-order valence-electron chi connectivity index (χ0n) is 15.8. The molecule has 2 rings (SSSR count). The van der Waals surface area contributed by atoms with Crippen LogP contribution in [0.5, 0.6) is 0 Å². The molecule has 1 aliphatic rings. The van der Waals surface area contributed by atoms with E-state index < -0.39 is 32.1 Å². The summed E-state index contributed by atoms with van der Waals surface area (Å²) in [7, 11) is -8.22. The molecule has 9 heteroatoms. The number of hydrogen-bond acceptors (Lipinski definition) is 6. The van der Waals surface area contributed by atoms with Crippen LogP contribution in [0, 0.1) is 0 Å². The standard InChI is InChI=1S/C19H27NO6S2/c1-2-19(21)26-15-9-10-16-27(22,23)20(17-11-5-3-6-12-17)28(24,25)18-13-7-4-8-14-18/h2,4,7-8,13-14,17H,1,3,5-6,9-12,15-16H2. The molecule has 0 aliphatic heterocycles. The maximum absolute atomic E-state index is 13.2. The van der Waals surface area contributed by atoms with Crippen LogP contribution < -0.4 is 0 Å². The second kappa shape index (κ2) is 10.2. The Morgan fingerprint density at radius 2 is 1.71 bits per heavy atom. The van der Waals surface area contributed by atoms with E-state index >= 15 is 0 Å². The van der Waals surface area contributed by atoms with Crippen molar-refractivity contribution in [3.63, 3.8) is 0 Å². The summed E-state index contributed by atoms with van der Waals surface area (Å²) in [5.41, 5.74) is 0. The van der Waals surface area contributed by atoms with Gasteiger partial charge in [0.05, 0.1) is 17.3 Å². The molecule has 156 valence electrons. The average Bonchev–Trinajstić information content (AvgIpc) is 2.68. The van der Waals surface area contributed by atoms with Gasteiger partial charge in [-0.2, -0.15) is 0 Å². The van der Waals surface area contributed by atoms with Gasteiger partial charge in [0.15, 0.2) is 0 Å². The molecule has 0 aromatic heterocycles. The van der Waals surface area contributed by atoms with Crippen LogP contribution in [0.3, 0.4) is 0 Å². The molecular weight excluding hydrogens is 402 g/mol. The number of rotatable bonds is 10. The topological polar surface area (TPSA) is 97.8 Å². The minimum absolute atomic E-state index is 0.0240. The summed E-state index contributed by atoms with van der Waals surface area (Å²) in [6.07, 6.45) is 5.20. The molecule has 1 fully saturated rings. The van der Waals surface area contributed by atoms with E-state index in [1.165, 1.54) is 12.1 Å². The lowest BCUT2D eigenvalue weighted by Crippen LogP contribution is -2.46. The van der Waals surface area contributed by atoms with Crippen molar-refractivity contribution in [1.82, 2.24) is 3.71 Å². The monoisotopic (exact) mass is 429 g/mol. The summed E-state index contributed by atoms with van der Waals surface area (Å²) in [5.74, 6) is -0.889. The molecule has 0 spiro atoms. The summed E-state index contributed by atoms with van der Waals surface area (Å²) in [6.45, 7) is 3.35. The molecule has 1 saturated carbocycles. The highest BCUT2D eigenvalue weighted by Crippen LogP contribution is 2.31. The van der Waals surface area contributed by atoms with Gasteiger partial charge in [-0.05, 0) is 37.8 Å². The maximum atomic E-state index is 13.2. The highest BCUT2D eigenvalue weighted by Gasteiger charge is 2.40. The van der Waals surface area contributed by atoms with E-state index in [4.69, 9.17) is 4.74 Å². The molecule has 0 amide bonds. The molecule has 1 aliphatic carbocycles. The van der Waals surface area contributed by atoms with Crippen LogP contribution in [0.4, 0.5) is 0 Å². The van der Waals surface area contributed by atoms with Gasteiger partial charge in [-0.1, -0.05) is 47.8 Å². The van der Waals surface area contributed by atoms with Crippen molar-refractivity contribution < 1.29 is 26.4 Å². The average molecular weight is 430 g/mol. The van der Waals surface area contributed by atoms with E-state index in [0.29, 0.717) is 19.3 Å². The number of benzene rings is 1. The van der Waals surface area contributed by atoms with Gasteiger partial charge in [-0.15, -0.1) is 0 Å². The first-order chi connectivity index (χ1) is 13.3. The quantitative estimate of drug-likeness (QED) is 0.322. The number of nitrogens with zero attached hydrogens (tertiary/aromatic N) is 1. The van der Waals surface area contributed by atoms with Gasteiger partial charge in [0, 0.05) is 12.1 Å². The smallest absolute Gasteiger partial charge is 0.330 e. The summed E-state index contributed by atoms with van der Waals surface area (Å²) in [4.78, 5) is 11.0. The summed E-state index contributed by atoms with van der Waals surface area (Å²) < 4.78 is 58.0. The highest BCUT2D eigenvalue weighted by atomic mass is 32.3. The van der Waals surface area contributed by atoms with Crippen molar-refractivity contribution in [3.8, 4) is 0 Å². The summed E-state index contributed by atoms with van der Waals surface area (Å²) >= 11 is 0. The Morgan fingerprint density at radius 3 is 2.32 bits per heavy atom. The number of sulfonamides is 2. The minimum Gasteiger partial charge on any atom is -0.463 e. The summed E-state index contributed by atoms with van der Waals surface area (Å²) in [5, 5.41) is 0. The lowest BCUT2D eigenvalue weighted by molar-refractivity contribution is -0.137. The van der Waals surface area contributed by atoms with E-state index in [2.05, 4.69) is 6.58 Å². The van der Waals surface area contributed by atoms with E-state index in [-0.39, 0.29) is 23.7 Å². The van der Waals surface area contributed by atoms with Crippen LogP contribution in [-0.2, 0) is 29.6 Å². The van der Waals surface area contributed by atoms with E-state index in [0.717, 1.165) is 29.0 Å². The van der Waals surface area contributed by atoms with Gasteiger partial charge in [-0.25, -0.2) is 21.6 Å². The number of carbonyl (C=O) groups is 1. The van der Waals surface area contributed by atoms with Crippen LogP contribution in [-0.4, -0.2) is 44.9 Å². The zero-order chi connectivity index (χ0) is 20.6. The Morgan fingerprint density at radius 1 is 1.07 bits per heavy atom. The Bertz CT molecular complexity index is 859. The first-order valence-corrected chi connectivity index (χ1v) is 12.5. The third-order valence-corrected chi connectivity index (χ3v) is 9.19. The Hall–Kier alpha value is -1.71. The number of esters is 1. The van der Waals surface area contributed by atoms with Crippen molar-refractivity contribution in [3.05, 3.63) is 43.0 Å². The molecule has 0 radical (unpaired) electrons.